The SMILES string of the molecule is C=CCc1cccc(C)c1OCCN1C[C@H](C)C[C@H](C)C1. The second kappa shape index (κ2) is 7.65. The molecule has 1 aromatic carbocycles. The van der Waals surface area contributed by atoms with E-state index in [9.17, 15) is 0 Å². The van der Waals surface area contributed by atoms with Gasteiger partial charge in [0.05, 0.1) is 0 Å². The van der Waals surface area contributed by atoms with Crippen LogP contribution in [0.5, 0.6) is 5.75 Å². The van der Waals surface area contributed by atoms with Crippen LogP contribution in [0, 0.1) is 18.8 Å². The molecule has 0 amide bonds. The van der Waals surface area contributed by atoms with Gasteiger partial charge < -0.3 is 4.74 Å². The van der Waals surface area contributed by atoms with Gasteiger partial charge in [0.15, 0.2) is 0 Å². The van der Waals surface area contributed by atoms with Gasteiger partial charge in [0, 0.05) is 19.6 Å². The van der Waals surface area contributed by atoms with Gasteiger partial charge in [0.1, 0.15) is 12.4 Å². The van der Waals surface area contributed by atoms with Crippen LogP contribution in [0.3, 0.4) is 0 Å². The number of allylic oxidation sites excluding steroid dienone is 1. The summed E-state index contributed by atoms with van der Waals surface area (Å²) < 4.78 is 6.10. The highest BCUT2D eigenvalue weighted by Gasteiger charge is 2.21. The summed E-state index contributed by atoms with van der Waals surface area (Å²) in [7, 11) is 0. The third-order valence-corrected chi connectivity index (χ3v) is 4.26. The first-order chi connectivity index (χ1) is 10.1. The molecule has 2 atom stereocenters. The maximum Gasteiger partial charge on any atom is 0.125 e. The van der Waals surface area contributed by atoms with Crippen LogP contribution in [0.25, 0.3) is 0 Å². The molecular formula is C19H29NO. The lowest BCUT2D eigenvalue weighted by Crippen LogP contribution is -2.40. The quantitative estimate of drug-likeness (QED) is 0.731. The normalized spacial score (nSPS) is 23.0. The molecule has 116 valence electrons. The zero-order valence-electron chi connectivity index (χ0n) is 13.8. The van der Waals surface area contributed by atoms with Gasteiger partial charge in [-0.3, -0.25) is 4.90 Å². The fraction of sp³-hybridized carbons (Fsp3) is 0.579. The fourth-order valence-corrected chi connectivity index (χ4v) is 3.49. The number of ether oxygens (including phenoxy) is 1. The van der Waals surface area contributed by atoms with Gasteiger partial charge in [-0.2, -0.15) is 0 Å². The number of likely N-dealkylation sites (tertiary alicyclic amines) is 1. The molecule has 0 radical (unpaired) electrons. The van der Waals surface area contributed by atoms with E-state index in [4.69, 9.17) is 4.74 Å². The molecule has 1 saturated heterocycles. The predicted molar refractivity (Wildman–Crippen MR) is 90.0 cm³/mol. The molecule has 0 saturated carbocycles. The molecule has 1 aliphatic rings. The summed E-state index contributed by atoms with van der Waals surface area (Å²) in [6, 6.07) is 6.34. The second-order valence-corrected chi connectivity index (χ2v) is 6.61. The summed E-state index contributed by atoms with van der Waals surface area (Å²) in [6.45, 7) is 14.9. The van der Waals surface area contributed by atoms with Gasteiger partial charge >= 0.3 is 0 Å². The summed E-state index contributed by atoms with van der Waals surface area (Å²) in [5.41, 5.74) is 2.46. The van der Waals surface area contributed by atoms with E-state index in [2.05, 4.69) is 50.4 Å². The van der Waals surface area contributed by atoms with Crippen molar-refractivity contribution in [3.63, 3.8) is 0 Å². The molecule has 2 rings (SSSR count). The van der Waals surface area contributed by atoms with E-state index in [1.165, 1.54) is 30.6 Å². The number of nitrogens with zero attached hydrogens (tertiary/aromatic N) is 1. The number of benzene rings is 1. The Morgan fingerprint density at radius 1 is 1.29 bits per heavy atom. The molecule has 0 unspecified atom stereocenters. The highest BCUT2D eigenvalue weighted by atomic mass is 16.5. The number of para-hydroxylation sites is 1. The number of aryl methyl sites for hydroxylation is 1. The maximum atomic E-state index is 6.10. The van der Waals surface area contributed by atoms with Gasteiger partial charge in [-0.1, -0.05) is 38.1 Å². The molecule has 1 heterocycles. The number of hydrogen-bond donors (Lipinski definition) is 0. The van der Waals surface area contributed by atoms with Crippen LogP contribution in [-0.2, 0) is 6.42 Å². The number of rotatable bonds is 6. The van der Waals surface area contributed by atoms with Crippen molar-refractivity contribution in [2.45, 2.75) is 33.6 Å². The van der Waals surface area contributed by atoms with Crippen LogP contribution in [0.15, 0.2) is 30.9 Å². The van der Waals surface area contributed by atoms with E-state index in [1.54, 1.807) is 0 Å². The zero-order chi connectivity index (χ0) is 15.2. The molecular weight excluding hydrogens is 258 g/mol. The maximum absolute atomic E-state index is 6.10. The zero-order valence-corrected chi connectivity index (χ0v) is 13.8. The van der Waals surface area contributed by atoms with Crippen molar-refractivity contribution in [1.82, 2.24) is 4.90 Å². The van der Waals surface area contributed by atoms with Crippen LogP contribution in [0.4, 0.5) is 0 Å². The molecule has 1 aromatic rings. The summed E-state index contributed by atoms with van der Waals surface area (Å²) >= 11 is 0. The van der Waals surface area contributed by atoms with E-state index in [0.29, 0.717) is 0 Å². The van der Waals surface area contributed by atoms with Crippen LogP contribution in [0.1, 0.15) is 31.4 Å². The average molecular weight is 287 g/mol. The van der Waals surface area contributed by atoms with Crippen molar-refractivity contribution >= 4 is 0 Å². The van der Waals surface area contributed by atoms with Crippen LogP contribution in [-0.4, -0.2) is 31.1 Å². The first-order valence-electron chi connectivity index (χ1n) is 8.14. The summed E-state index contributed by atoms with van der Waals surface area (Å²) in [5.74, 6) is 2.67. The molecule has 2 heteroatoms. The van der Waals surface area contributed by atoms with Crippen molar-refractivity contribution < 1.29 is 4.74 Å². The molecule has 21 heavy (non-hydrogen) atoms. The molecule has 0 spiro atoms. The molecule has 0 N–H and O–H groups in total. The van der Waals surface area contributed by atoms with Gasteiger partial charge in [-0.25, -0.2) is 0 Å². The minimum absolute atomic E-state index is 0.772. The van der Waals surface area contributed by atoms with Gasteiger partial charge in [-0.15, -0.1) is 6.58 Å². The Morgan fingerprint density at radius 3 is 2.67 bits per heavy atom. The summed E-state index contributed by atoms with van der Waals surface area (Å²) in [4.78, 5) is 2.55. The number of piperidine rings is 1. The highest BCUT2D eigenvalue weighted by Crippen LogP contribution is 2.25. The summed E-state index contributed by atoms with van der Waals surface area (Å²) in [6.07, 6.45) is 4.17. The van der Waals surface area contributed by atoms with Gasteiger partial charge in [-0.05, 0) is 42.7 Å². The average Bonchev–Trinajstić information content (AvgIpc) is 2.41. The largest absolute Gasteiger partial charge is 0.492 e. The topological polar surface area (TPSA) is 12.5 Å². The third-order valence-electron chi connectivity index (χ3n) is 4.26. The molecule has 0 aliphatic carbocycles. The lowest BCUT2D eigenvalue weighted by molar-refractivity contribution is 0.120. The Balaban J connectivity index is 1.90. The van der Waals surface area contributed by atoms with Crippen molar-refractivity contribution in [2.75, 3.05) is 26.2 Å². The Morgan fingerprint density at radius 2 is 2.00 bits per heavy atom. The fourth-order valence-electron chi connectivity index (χ4n) is 3.49. The van der Waals surface area contributed by atoms with Crippen LogP contribution < -0.4 is 4.74 Å². The lowest BCUT2D eigenvalue weighted by Gasteiger charge is -2.34. The Hall–Kier alpha value is -1.28. The van der Waals surface area contributed by atoms with E-state index >= 15 is 0 Å². The van der Waals surface area contributed by atoms with Crippen molar-refractivity contribution in [3.8, 4) is 5.75 Å². The predicted octanol–water partition coefficient (Wildman–Crippen LogP) is 4.08. The first kappa shape index (κ1) is 16.1. The molecule has 0 aromatic heterocycles. The Kier molecular flexibility index (Phi) is 5.86. The Bertz CT molecular complexity index is 459. The van der Waals surface area contributed by atoms with E-state index in [0.717, 1.165) is 37.2 Å². The number of hydrogen-bond acceptors (Lipinski definition) is 2. The third kappa shape index (κ3) is 4.60. The first-order valence-corrected chi connectivity index (χ1v) is 8.14. The van der Waals surface area contributed by atoms with Gasteiger partial charge in [0.2, 0.25) is 0 Å². The van der Waals surface area contributed by atoms with E-state index in [1.807, 2.05) is 6.08 Å². The van der Waals surface area contributed by atoms with Crippen LogP contribution >= 0.6 is 0 Å². The smallest absolute Gasteiger partial charge is 0.125 e. The summed E-state index contributed by atoms with van der Waals surface area (Å²) in [5, 5.41) is 0. The van der Waals surface area contributed by atoms with Crippen molar-refractivity contribution in [3.05, 3.63) is 42.0 Å². The molecule has 1 fully saturated rings. The highest BCUT2D eigenvalue weighted by molar-refractivity contribution is 5.41. The monoisotopic (exact) mass is 287 g/mol. The minimum atomic E-state index is 0.772. The van der Waals surface area contributed by atoms with Gasteiger partial charge in [0.25, 0.3) is 0 Å². The van der Waals surface area contributed by atoms with E-state index < -0.39 is 0 Å². The molecule has 1 aliphatic heterocycles. The second-order valence-electron chi connectivity index (χ2n) is 6.61. The minimum Gasteiger partial charge on any atom is -0.492 e. The van der Waals surface area contributed by atoms with Crippen molar-refractivity contribution in [1.29, 1.82) is 0 Å². The lowest BCUT2D eigenvalue weighted by atomic mass is 9.92. The Labute approximate surface area is 129 Å². The van der Waals surface area contributed by atoms with Crippen molar-refractivity contribution in [2.24, 2.45) is 11.8 Å². The molecule has 0 bridgehead atoms. The van der Waals surface area contributed by atoms with Crippen LogP contribution in [0.2, 0.25) is 0 Å². The van der Waals surface area contributed by atoms with E-state index in [-0.39, 0.29) is 0 Å². The standard InChI is InChI=1S/C19H29NO/c1-5-7-18-9-6-8-17(4)19(18)21-11-10-20-13-15(2)12-16(3)14-20/h5-6,8-9,15-16H,1,7,10-14H2,2-4H3/t15-,16+. The molecule has 2 nitrogen and oxygen atoms in total.